The minimum atomic E-state index is -0.203. The molecule has 19 heavy (non-hydrogen) atoms. The number of rotatable bonds is 4. The number of hydrogen-bond acceptors (Lipinski definition) is 2. The predicted molar refractivity (Wildman–Crippen MR) is 75.6 cm³/mol. The third-order valence-corrected chi connectivity index (χ3v) is 3.47. The molecule has 1 aromatic carbocycles. The lowest BCUT2D eigenvalue weighted by Gasteiger charge is -2.09. The van der Waals surface area contributed by atoms with Crippen LogP contribution in [0, 0.1) is 12.7 Å². The van der Waals surface area contributed by atoms with Gasteiger partial charge in [-0.15, -0.1) is 0 Å². The van der Waals surface area contributed by atoms with E-state index >= 15 is 0 Å². The molecule has 2 aromatic rings. The molecule has 0 radical (unpaired) electrons. The van der Waals surface area contributed by atoms with Crippen LogP contribution in [-0.2, 0) is 19.4 Å². The average Bonchev–Trinajstić information content (AvgIpc) is 2.68. The third-order valence-electron chi connectivity index (χ3n) is 3.47. The quantitative estimate of drug-likeness (QED) is 0.919. The molecule has 0 aliphatic heterocycles. The summed E-state index contributed by atoms with van der Waals surface area (Å²) < 4.78 is 15.1. The summed E-state index contributed by atoms with van der Waals surface area (Å²) >= 11 is 0. The van der Waals surface area contributed by atoms with E-state index in [1.165, 1.54) is 6.07 Å². The summed E-state index contributed by atoms with van der Waals surface area (Å²) in [7, 11) is 0. The minimum Gasteiger partial charge on any atom is -0.396 e. The number of hydrogen-bond donors (Lipinski definition) is 1. The molecule has 0 atom stereocenters. The van der Waals surface area contributed by atoms with Crippen molar-refractivity contribution in [2.45, 2.75) is 40.2 Å². The Kier molecular flexibility index (Phi) is 3.88. The molecule has 2 rings (SSSR count). The second kappa shape index (κ2) is 5.43. The van der Waals surface area contributed by atoms with Crippen molar-refractivity contribution in [1.29, 1.82) is 0 Å². The third kappa shape index (κ3) is 2.62. The number of aromatic nitrogens is 2. The van der Waals surface area contributed by atoms with Gasteiger partial charge in [-0.2, -0.15) is 5.10 Å². The van der Waals surface area contributed by atoms with E-state index in [4.69, 9.17) is 5.73 Å². The Morgan fingerprint density at radius 2 is 2.00 bits per heavy atom. The molecule has 0 saturated carbocycles. The monoisotopic (exact) mass is 261 g/mol. The number of nitrogens with zero attached hydrogens (tertiary/aromatic N) is 2. The van der Waals surface area contributed by atoms with Gasteiger partial charge in [-0.1, -0.05) is 19.9 Å². The lowest BCUT2D eigenvalue weighted by atomic mass is 10.1. The Balaban J connectivity index is 2.37. The standard InChI is InChI=1S/C15H20FN3/c1-4-13-15(17)14(5-2)19(18-13)9-11-6-7-12(16)8-10(11)3/h6-8H,4-5,9,17H2,1-3H3. The first-order valence-electron chi connectivity index (χ1n) is 6.65. The number of halogens is 1. The van der Waals surface area contributed by atoms with Crippen LogP contribution in [0.1, 0.15) is 36.4 Å². The highest BCUT2D eigenvalue weighted by molar-refractivity contribution is 5.48. The molecular weight excluding hydrogens is 241 g/mol. The number of nitrogen functional groups attached to an aromatic ring is 1. The SMILES string of the molecule is CCc1nn(Cc2ccc(F)cc2C)c(CC)c1N. The summed E-state index contributed by atoms with van der Waals surface area (Å²) in [6, 6.07) is 4.85. The van der Waals surface area contributed by atoms with Crippen LogP contribution in [0.2, 0.25) is 0 Å². The van der Waals surface area contributed by atoms with Crippen molar-refractivity contribution >= 4 is 5.69 Å². The number of aryl methyl sites for hydroxylation is 2. The summed E-state index contributed by atoms with van der Waals surface area (Å²) in [4.78, 5) is 0. The molecule has 0 aliphatic rings. The largest absolute Gasteiger partial charge is 0.396 e. The van der Waals surface area contributed by atoms with Crippen LogP contribution in [0.25, 0.3) is 0 Å². The Labute approximate surface area is 113 Å². The van der Waals surface area contributed by atoms with Crippen molar-refractivity contribution in [3.05, 3.63) is 46.5 Å². The van der Waals surface area contributed by atoms with E-state index in [-0.39, 0.29) is 5.82 Å². The second-order valence-electron chi connectivity index (χ2n) is 4.74. The van der Waals surface area contributed by atoms with Gasteiger partial charge in [0.2, 0.25) is 0 Å². The van der Waals surface area contributed by atoms with Gasteiger partial charge in [-0.25, -0.2) is 4.39 Å². The van der Waals surface area contributed by atoms with Crippen LogP contribution in [0.4, 0.5) is 10.1 Å². The highest BCUT2D eigenvalue weighted by atomic mass is 19.1. The maximum absolute atomic E-state index is 13.1. The van der Waals surface area contributed by atoms with Crippen molar-refractivity contribution in [3.63, 3.8) is 0 Å². The van der Waals surface area contributed by atoms with E-state index in [9.17, 15) is 4.39 Å². The summed E-state index contributed by atoms with van der Waals surface area (Å²) in [6.07, 6.45) is 1.67. The van der Waals surface area contributed by atoms with Crippen LogP contribution < -0.4 is 5.73 Å². The molecule has 2 N–H and O–H groups in total. The molecule has 0 fully saturated rings. The molecule has 4 heteroatoms. The highest BCUT2D eigenvalue weighted by Crippen LogP contribution is 2.20. The molecule has 0 saturated heterocycles. The van der Waals surface area contributed by atoms with Crippen LogP contribution in [-0.4, -0.2) is 9.78 Å². The zero-order chi connectivity index (χ0) is 14.0. The van der Waals surface area contributed by atoms with E-state index in [1.807, 2.05) is 24.6 Å². The molecule has 1 aromatic heterocycles. The first-order valence-corrected chi connectivity index (χ1v) is 6.65. The molecule has 0 amide bonds. The summed E-state index contributed by atoms with van der Waals surface area (Å²) in [6.45, 7) is 6.67. The van der Waals surface area contributed by atoms with Crippen molar-refractivity contribution in [2.24, 2.45) is 0 Å². The zero-order valence-electron chi connectivity index (χ0n) is 11.7. The Morgan fingerprint density at radius 3 is 2.58 bits per heavy atom. The van der Waals surface area contributed by atoms with Gasteiger partial charge < -0.3 is 5.73 Å². The van der Waals surface area contributed by atoms with E-state index in [0.29, 0.717) is 6.54 Å². The number of nitrogens with two attached hydrogens (primary N) is 1. The van der Waals surface area contributed by atoms with Gasteiger partial charge in [-0.3, -0.25) is 4.68 Å². The fourth-order valence-electron chi connectivity index (χ4n) is 2.33. The number of anilines is 1. The molecule has 0 spiro atoms. The molecule has 0 bridgehead atoms. The van der Waals surface area contributed by atoms with Gasteiger partial charge in [0.25, 0.3) is 0 Å². The van der Waals surface area contributed by atoms with Crippen molar-refractivity contribution in [3.8, 4) is 0 Å². The summed E-state index contributed by atoms with van der Waals surface area (Å²) in [5.74, 6) is -0.203. The fourth-order valence-corrected chi connectivity index (χ4v) is 2.33. The van der Waals surface area contributed by atoms with E-state index in [1.54, 1.807) is 6.07 Å². The Hall–Kier alpha value is -1.84. The minimum absolute atomic E-state index is 0.203. The molecule has 1 heterocycles. The maximum atomic E-state index is 13.1. The molecule has 0 unspecified atom stereocenters. The van der Waals surface area contributed by atoms with Gasteiger partial charge in [0.05, 0.1) is 23.6 Å². The van der Waals surface area contributed by atoms with Crippen LogP contribution >= 0.6 is 0 Å². The first-order chi connectivity index (χ1) is 9.06. The first kappa shape index (κ1) is 13.6. The van der Waals surface area contributed by atoms with Gasteiger partial charge in [0.15, 0.2) is 0 Å². The van der Waals surface area contributed by atoms with E-state index in [0.717, 1.165) is 41.0 Å². The van der Waals surface area contributed by atoms with E-state index < -0.39 is 0 Å². The van der Waals surface area contributed by atoms with Gasteiger partial charge in [0.1, 0.15) is 5.82 Å². The zero-order valence-corrected chi connectivity index (χ0v) is 11.7. The maximum Gasteiger partial charge on any atom is 0.123 e. The van der Waals surface area contributed by atoms with Crippen LogP contribution in [0.3, 0.4) is 0 Å². The number of benzene rings is 1. The van der Waals surface area contributed by atoms with Crippen molar-refractivity contribution in [2.75, 3.05) is 5.73 Å². The lowest BCUT2D eigenvalue weighted by Crippen LogP contribution is -2.08. The molecular formula is C15H20FN3. The van der Waals surface area contributed by atoms with Crippen molar-refractivity contribution < 1.29 is 4.39 Å². The average molecular weight is 261 g/mol. The van der Waals surface area contributed by atoms with E-state index in [2.05, 4.69) is 12.0 Å². The van der Waals surface area contributed by atoms with Crippen molar-refractivity contribution in [1.82, 2.24) is 9.78 Å². The lowest BCUT2D eigenvalue weighted by molar-refractivity contribution is 0.617. The normalized spacial score (nSPS) is 10.9. The van der Waals surface area contributed by atoms with Gasteiger partial charge in [-0.05, 0) is 43.0 Å². The summed E-state index contributed by atoms with van der Waals surface area (Å²) in [5, 5.41) is 4.56. The Morgan fingerprint density at radius 1 is 1.26 bits per heavy atom. The smallest absolute Gasteiger partial charge is 0.123 e. The predicted octanol–water partition coefficient (Wildman–Crippen LogP) is 3.09. The molecule has 0 aliphatic carbocycles. The second-order valence-corrected chi connectivity index (χ2v) is 4.74. The van der Waals surface area contributed by atoms with Gasteiger partial charge >= 0.3 is 0 Å². The molecule has 3 nitrogen and oxygen atoms in total. The highest BCUT2D eigenvalue weighted by Gasteiger charge is 2.13. The van der Waals surface area contributed by atoms with Crippen LogP contribution in [0.15, 0.2) is 18.2 Å². The summed E-state index contributed by atoms with van der Waals surface area (Å²) in [5.41, 5.74) is 10.9. The molecule has 102 valence electrons. The fraction of sp³-hybridized carbons (Fsp3) is 0.400. The topological polar surface area (TPSA) is 43.8 Å². The Bertz CT molecular complexity index is 587. The van der Waals surface area contributed by atoms with Gasteiger partial charge in [0, 0.05) is 0 Å². The van der Waals surface area contributed by atoms with Crippen LogP contribution in [0.5, 0.6) is 0 Å².